The van der Waals surface area contributed by atoms with E-state index in [1.54, 1.807) is 24.0 Å². The highest BCUT2D eigenvalue weighted by Gasteiger charge is 2.65. The van der Waals surface area contributed by atoms with Gasteiger partial charge >= 0.3 is 12.1 Å². The summed E-state index contributed by atoms with van der Waals surface area (Å²) < 4.78 is 49.8. The minimum Gasteiger partial charge on any atom is -0.478 e. The van der Waals surface area contributed by atoms with Gasteiger partial charge in [-0.15, -0.1) is 0 Å². The smallest absolute Gasteiger partial charge is 0.398 e. The summed E-state index contributed by atoms with van der Waals surface area (Å²) in [7, 11) is 0. The van der Waals surface area contributed by atoms with Gasteiger partial charge in [0.1, 0.15) is 5.60 Å². The van der Waals surface area contributed by atoms with Gasteiger partial charge in [-0.25, -0.2) is 4.79 Å². The van der Waals surface area contributed by atoms with E-state index < -0.39 is 29.4 Å². The number of hydrogen-bond acceptors (Lipinski definition) is 5. The molecule has 1 unspecified atom stereocenters. The number of ether oxygens (including phenoxy) is 1. The average molecular weight is 642 g/mol. The molecule has 1 saturated carbocycles. The highest BCUT2D eigenvalue weighted by molar-refractivity contribution is 6.34. The van der Waals surface area contributed by atoms with Crippen molar-refractivity contribution in [3.05, 3.63) is 74.9 Å². The van der Waals surface area contributed by atoms with Crippen LogP contribution in [0.2, 0.25) is 5.02 Å². The zero-order chi connectivity index (χ0) is 31.9. The molecule has 1 aromatic heterocycles. The average Bonchev–Trinajstić information content (AvgIpc) is 3.50. The molecule has 0 radical (unpaired) electrons. The summed E-state index contributed by atoms with van der Waals surface area (Å²) in [4.78, 5) is 41.4. The fraction of sp³-hybridized carbons (Fsp3) is 0.455. The van der Waals surface area contributed by atoms with Crippen molar-refractivity contribution in [2.24, 2.45) is 5.92 Å². The van der Waals surface area contributed by atoms with Crippen molar-refractivity contribution in [1.29, 1.82) is 0 Å². The van der Waals surface area contributed by atoms with Gasteiger partial charge in [0.15, 0.2) is 0 Å². The summed E-state index contributed by atoms with van der Waals surface area (Å²) in [5, 5.41) is 14.1. The molecule has 2 saturated heterocycles. The highest BCUT2D eigenvalue weighted by Crippen LogP contribution is 2.60. The summed E-state index contributed by atoms with van der Waals surface area (Å²) in [5.74, 6) is -2.36. The van der Waals surface area contributed by atoms with E-state index in [0.29, 0.717) is 60.6 Å². The van der Waals surface area contributed by atoms with E-state index in [2.05, 4.69) is 5.10 Å². The summed E-state index contributed by atoms with van der Waals surface area (Å²) in [6, 6.07) is 8.86. The van der Waals surface area contributed by atoms with Gasteiger partial charge in [0.25, 0.3) is 5.91 Å². The lowest BCUT2D eigenvalue weighted by Gasteiger charge is -2.48. The molecule has 45 heavy (non-hydrogen) atoms. The molecule has 1 spiro atoms. The van der Waals surface area contributed by atoms with Crippen LogP contribution in [0.1, 0.15) is 75.2 Å². The minimum absolute atomic E-state index is 0.0439. The molecule has 2 aromatic carbocycles. The molecule has 236 valence electrons. The maximum atomic E-state index is 14.3. The number of halogens is 4. The number of aromatic carboxylic acids is 1. The van der Waals surface area contributed by atoms with Crippen LogP contribution in [0, 0.1) is 12.8 Å². The number of nitrogens with zero attached hydrogens (tertiary/aromatic N) is 3. The number of alkyl halides is 3. The van der Waals surface area contributed by atoms with Crippen LogP contribution in [-0.4, -0.2) is 69.0 Å². The normalized spacial score (nSPS) is 21.4. The van der Waals surface area contributed by atoms with Gasteiger partial charge in [-0.1, -0.05) is 29.8 Å². The van der Waals surface area contributed by atoms with Crippen molar-refractivity contribution in [1.82, 2.24) is 14.7 Å². The molecule has 3 aromatic rings. The molecule has 3 fully saturated rings. The molecule has 12 heteroatoms. The van der Waals surface area contributed by atoms with Gasteiger partial charge in [-0.2, -0.15) is 23.0 Å². The molecule has 0 bridgehead atoms. The Balaban J connectivity index is 1.30. The van der Waals surface area contributed by atoms with E-state index in [1.807, 2.05) is 0 Å². The molecule has 2 aliphatic carbocycles. The van der Waals surface area contributed by atoms with Crippen LogP contribution < -0.4 is 0 Å². The summed E-state index contributed by atoms with van der Waals surface area (Å²) in [5.41, 5.74) is -0.0725. The van der Waals surface area contributed by atoms with Crippen LogP contribution in [0.15, 0.2) is 36.4 Å². The van der Waals surface area contributed by atoms with Crippen LogP contribution in [0.5, 0.6) is 0 Å². The second kappa shape index (κ2) is 10.4. The molecule has 7 rings (SSSR count). The number of hydrogen-bond donors (Lipinski definition) is 1. The number of aryl methyl sites for hydroxylation is 1. The van der Waals surface area contributed by atoms with E-state index in [-0.39, 0.29) is 52.5 Å². The van der Waals surface area contributed by atoms with Crippen molar-refractivity contribution in [2.75, 3.05) is 19.7 Å². The van der Waals surface area contributed by atoms with Crippen molar-refractivity contribution in [2.45, 2.75) is 69.1 Å². The third-order valence-corrected chi connectivity index (χ3v) is 10.3. The number of carbonyl (C=O) groups is 3. The Labute approximate surface area is 262 Å². The molecule has 4 aliphatic rings. The van der Waals surface area contributed by atoms with E-state index in [9.17, 15) is 32.7 Å². The van der Waals surface area contributed by atoms with Crippen LogP contribution in [0.25, 0.3) is 11.3 Å². The number of amides is 1. The number of likely N-dealkylation sites (tertiary alicyclic amines) is 1. The van der Waals surface area contributed by atoms with Crippen LogP contribution in [-0.2, 0) is 27.8 Å². The Kier molecular flexibility index (Phi) is 6.94. The van der Waals surface area contributed by atoms with Crippen molar-refractivity contribution in [3.8, 4) is 11.3 Å². The number of carbonyl (C=O) groups excluding carboxylic acids is 2. The third kappa shape index (κ3) is 4.77. The lowest BCUT2D eigenvalue weighted by Crippen LogP contribution is -2.64. The van der Waals surface area contributed by atoms with Gasteiger partial charge in [0.05, 0.1) is 46.0 Å². The fourth-order valence-corrected chi connectivity index (χ4v) is 7.67. The molecule has 1 N–H and O–H groups in total. The van der Waals surface area contributed by atoms with Gasteiger partial charge in [0.2, 0.25) is 5.91 Å². The second-order valence-corrected chi connectivity index (χ2v) is 13.2. The number of rotatable bonds is 5. The topological polar surface area (TPSA) is 102 Å². The number of carboxylic acid groups (broad SMARTS) is 1. The number of benzene rings is 2. The monoisotopic (exact) mass is 641 g/mol. The molecule has 3 heterocycles. The van der Waals surface area contributed by atoms with Gasteiger partial charge in [-0.3, -0.25) is 9.59 Å². The Hall–Kier alpha value is -3.70. The van der Waals surface area contributed by atoms with Crippen molar-refractivity contribution in [3.63, 3.8) is 0 Å². The number of carboxylic acids is 1. The number of aromatic nitrogens is 2. The molecule has 1 atom stereocenters. The standard InChI is InChI=1S/C33H31ClF3N3O5/c1-18-14-19(6-8-21(18)30(43)44)27-22-9-7-20(28(41)39-16-31(17-39)10-3-13-45-31)15-25(22)40(38-27)29(42)26-23(4-2-5-24(26)34)32(11-12-32)33(35,36)37/h2,4-6,8,14,20H,3,7,9-13,15-17H2,1H3,(H,43,44). The molecule has 2 aliphatic heterocycles. The predicted octanol–water partition coefficient (Wildman–Crippen LogP) is 5.99. The Bertz CT molecular complexity index is 1750. The quantitative estimate of drug-likeness (QED) is 0.367. The van der Waals surface area contributed by atoms with Gasteiger partial charge < -0.3 is 14.7 Å². The first-order valence-corrected chi connectivity index (χ1v) is 15.5. The minimum atomic E-state index is -4.57. The van der Waals surface area contributed by atoms with Gasteiger partial charge in [0, 0.05) is 30.1 Å². The molecular weight excluding hydrogens is 611 g/mol. The zero-order valence-corrected chi connectivity index (χ0v) is 25.3. The summed E-state index contributed by atoms with van der Waals surface area (Å²) >= 11 is 6.48. The van der Waals surface area contributed by atoms with E-state index in [1.165, 1.54) is 24.3 Å². The largest absolute Gasteiger partial charge is 0.478 e. The lowest BCUT2D eigenvalue weighted by molar-refractivity contribution is -0.162. The summed E-state index contributed by atoms with van der Waals surface area (Å²) in [6.07, 6.45) is -1.90. The Morgan fingerprint density at radius 2 is 1.87 bits per heavy atom. The van der Waals surface area contributed by atoms with E-state index in [4.69, 9.17) is 16.3 Å². The zero-order valence-electron chi connectivity index (χ0n) is 24.5. The predicted molar refractivity (Wildman–Crippen MR) is 158 cm³/mol. The first-order chi connectivity index (χ1) is 21.3. The summed E-state index contributed by atoms with van der Waals surface area (Å²) in [6.45, 7) is 3.39. The Morgan fingerprint density at radius 1 is 1.11 bits per heavy atom. The first kappa shape index (κ1) is 30.0. The van der Waals surface area contributed by atoms with Crippen molar-refractivity contribution < 1.29 is 37.4 Å². The van der Waals surface area contributed by atoms with Crippen LogP contribution in [0.4, 0.5) is 13.2 Å². The van der Waals surface area contributed by atoms with Crippen LogP contribution in [0.3, 0.4) is 0 Å². The first-order valence-electron chi connectivity index (χ1n) is 15.1. The van der Waals surface area contributed by atoms with Crippen LogP contribution >= 0.6 is 11.6 Å². The maximum Gasteiger partial charge on any atom is 0.398 e. The Morgan fingerprint density at radius 3 is 2.49 bits per heavy atom. The second-order valence-electron chi connectivity index (χ2n) is 12.8. The van der Waals surface area contributed by atoms with E-state index in [0.717, 1.165) is 17.5 Å². The van der Waals surface area contributed by atoms with Crippen molar-refractivity contribution >= 4 is 29.4 Å². The molecule has 8 nitrogen and oxygen atoms in total. The number of fused-ring (bicyclic) bond motifs is 1. The maximum absolute atomic E-state index is 14.3. The third-order valence-electron chi connectivity index (χ3n) is 10.0. The molecular formula is C33H31ClF3N3O5. The van der Waals surface area contributed by atoms with E-state index >= 15 is 0 Å². The highest BCUT2D eigenvalue weighted by atomic mass is 35.5. The molecule has 1 amide bonds. The lowest BCUT2D eigenvalue weighted by atomic mass is 9.82. The fourth-order valence-electron chi connectivity index (χ4n) is 7.42. The van der Waals surface area contributed by atoms with Gasteiger partial charge in [-0.05, 0) is 74.8 Å². The SMILES string of the molecule is Cc1cc(-c2nn(C(=O)c3c(Cl)cccc3C3(C(F)(F)F)CC3)c3c2CCC(C(=O)N2CC4(CCCO4)C2)C3)ccc1C(=O)O.